The first-order chi connectivity index (χ1) is 10.3. The predicted molar refractivity (Wildman–Crippen MR) is 79.7 cm³/mol. The summed E-state index contributed by atoms with van der Waals surface area (Å²) < 4.78 is 1.30. The first-order valence-corrected chi connectivity index (χ1v) is 6.98. The van der Waals surface area contributed by atoms with Crippen LogP contribution in [-0.2, 0) is 20.8 Å². The van der Waals surface area contributed by atoms with Crippen LogP contribution in [0.1, 0.15) is 38.3 Å². The zero-order chi connectivity index (χ0) is 16.9. The summed E-state index contributed by atoms with van der Waals surface area (Å²) in [6, 6.07) is 1.34. The van der Waals surface area contributed by atoms with Gasteiger partial charge in [0.05, 0.1) is 18.5 Å². The van der Waals surface area contributed by atoms with E-state index in [1.54, 1.807) is 13.0 Å². The van der Waals surface area contributed by atoms with Crippen LogP contribution in [0.4, 0.5) is 0 Å². The van der Waals surface area contributed by atoms with Crippen LogP contribution in [0.25, 0.3) is 0 Å². The average molecular weight is 308 g/mol. The van der Waals surface area contributed by atoms with Crippen molar-refractivity contribution in [2.45, 2.75) is 45.2 Å². The molecule has 0 saturated carbocycles. The van der Waals surface area contributed by atoms with Crippen LogP contribution in [-0.4, -0.2) is 33.3 Å². The van der Waals surface area contributed by atoms with Crippen molar-refractivity contribution in [1.29, 1.82) is 0 Å². The smallest absolute Gasteiger partial charge is 0.305 e. The molecule has 0 spiro atoms. The summed E-state index contributed by atoms with van der Waals surface area (Å²) in [7, 11) is 0. The van der Waals surface area contributed by atoms with Gasteiger partial charge in [-0.2, -0.15) is 0 Å². The maximum Gasteiger partial charge on any atom is 0.305 e. The highest BCUT2D eigenvalue weighted by molar-refractivity contribution is 5.89. The van der Waals surface area contributed by atoms with Crippen LogP contribution in [0.15, 0.2) is 23.1 Å². The molecule has 0 bridgehead atoms. The highest BCUT2D eigenvalue weighted by Crippen LogP contribution is 2.10. The summed E-state index contributed by atoms with van der Waals surface area (Å²) in [6.45, 7) is 3.19. The number of Topliss-reactive ketones (excluding diaryl/α,β-unsaturated/α-hetero) is 2. The lowest BCUT2D eigenvalue weighted by atomic mass is 10.0. The third-order valence-corrected chi connectivity index (χ3v) is 3.42. The highest BCUT2D eigenvalue weighted by Gasteiger charge is 2.21. The Bertz CT molecular complexity index is 635. The molecular formula is C15H20N2O5. The molecule has 2 atom stereocenters. The van der Waals surface area contributed by atoms with E-state index < -0.39 is 35.8 Å². The summed E-state index contributed by atoms with van der Waals surface area (Å²) >= 11 is 0. The number of pyridine rings is 1. The number of aliphatic carboxylic acids is 1. The summed E-state index contributed by atoms with van der Waals surface area (Å²) in [4.78, 5) is 46.4. The monoisotopic (exact) mass is 308 g/mol. The van der Waals surface area contributed by atoms with Gasteiger partial charge in [0.25, 0.3) is 5.56 Å². The van der Waals surface area contributed by atoms with Gasteiger partial charge in [0, 0.05) is 18.2 Å². The van der Waals surface area contributed by atoms with Crippen molar-refractivity contribution in [3.05, 3.63) is 34.2 Å². The number of carbonyl (C=O) groups is 3. The lowest BCUT2D eigenvalue weighted by Gasteiger charge is -2.16. The van der Waals surface area contributed by atoms with E-state index in [1.807, 2.05) is 0 Å². The first-order valence-electron chi connectivity index (χ1n) is 6.98. The van der Waals surface area contributed by atoms with Crippen LogP contribution in [0.3, 0.4) is 0 Å². The van der Waals surface area contributed by atoms with Gasteiger partial charge in [-0.05, 0) is 19.4 Å². The number of nitrogens with zero attached hydrogens (tertiary/aromatic N) is 1. The Hall–Kier alpha value is -2.28. The van der Waals surface area contributed by atoms with Crippen LogP contribution in [0, 0.1) is 0 Å². The number of ketones is 2. The van der Waals surface area contributed by atoms with E-state index in [0.29, 0.717) is 6.42 Å². The van der Waals surface area contributed by atoms with E-state index >= 15 is 0 Å². The molecule has 120 valence electrons. The van der Waals surface area contributed by atoms with E-state index in [9.17, 15) is 19.2 Å². The van der Waals surface area contributed by atoms with Gasteiger partial charge in [0.15, 0.2) is 11.6 Å². The molecule has 0 radical (unpaired) electrons. The molecular weight excluding hydrogens is 288 g/mol. The molecule has 0 aliphatic heterocycles. The Morgan fingerprint density at radius 2 is 2.00 bits per heavy atom. The van der Waals surface area contributed by atoms with Crippen LogP contribution < -0.4 is 11.3 Å². The second-order valence-corrected chi connectivity index (χ2v) is 5.13. The lowest BCUT2D eigenvalue weighted by Crippen LogP contribution is -2.36. The van der Waals surface area contributed by atoms with Gasteiger partial charge >= 0.3 is 5.97 Å². The molecule has 1 rings (SSSR count). The van der Waals surface area contributed by atoms with Gasteiger partial charge in [-0.25, -0.2) is 0 Å². The number of carboxylic acids is 1. The molecule has 0 aliphatic rings. The Kier molecular flexibility index (Phi) is 6.18. The zero-order valence-corrected chi connectivity index (χ0v) is 12.6. The summed E-state index contributed by atoms with van der Waals surface area (Å²) in [5, 5.41) is 8.63. The van der Waals surface area contributed by atoms with Crippen molar-refractivity contribution in [2.24, 2.45) is 5.73 Å². The van der Waals surface area contributed by atoms with Crippen LogP contribution in [0.5, 0.6) is 0 Å². The minimum Gasteiger partial charge on any atom is -0.481 e. The minimum absolute atomic E-state index is 0.143. The molecule has 7 nitrogen and oxygen atoms in total. The molecule has 7 heteroatoms. The maximum atomic E-state index is 12.4. The van der Waals surface area contributed by atoms with Crippen molar-refractivity contribution in [3.63, 3.8) is 0 Å². The summed E-state index contributed by atoms with van der Waals surface area (Å²) in [6.07, 6.45) is 1.24. The number of aromatic nitrogens is 1. The number of rotatable bonds is 8. The third kappa shape index (κ3) is 4.36. The van der Waals surface area contributed by atoms with Crippen LogP contribution >= 0.6 is 0 Å². The van der Waals surface area contributed by atoms with Crippen molar-refractivity contribution in [1.82, 2.24) is 4.57 Å². The summed E-state index contributed by atoms with van der Waals surface area (Å²) in [5.41, 5.74) is 5.27. The van der Waals surface area contributed by atoms with E-state index in [1.165, 1.54) is 23.8 Å². The largest absolute Gasteiger partial charge is 0.481 e. The molecule has 1 aromatic rings. The fourth-order valence-corrected chi connectivity index (χ4v) is 2.24. The molecule has 1 unspecified atom stereocenters. The molecule has 22 heavy (non-hydrogen) atoms. The quantitative estimate of drug-likeness (QED) is 0.713. The second-order valence-electron chi connectivity index (χ2n) is 5.13. The van der Waals surface area contributed by atoms with Crippen molar-refractivity contribution in [3.8, 4) is 0 Å². The van der Waals surface area contributed by atoms with Crippen molar-refractivity contribution >= 4 is 17.5 Å². The molecule has 0 saturated heterocycles. The second kappa shape index (κ2) is 7.65. The fourth-order valence-electron chi connectivity index (χ4n) is 2.24. The fraction of sp³-hybridized carbons (Fsp3) is 0.467. The lowest BCUT2D eigenvalue weighted by molar-refractivity contribution is -0.139. The van der Waals surface area contributed by atoms with E-state index in [-0.39, 0.29) is 17.8 Å². The molecule has 1 heterocycles. The minimum atomic E-state index is -1.17. The normalized spacial score (nSPS) is 13.4. The Morgan fingerprint density at radius 1 is 1.36 bits per heavy atom. The van der Waals surface area contributed by atoms with Gasteiger partial charge in [0.2, 0.25) is 0 Å². The van der Waals surface area contributed by atoms with Gasteiger partial charge in [-0.15, -0.1) is 0 Å². The van der Waals surface area contributed by atoms with Gasteiger partial charge in [0.1, 0.15) is 0 Å². The summed E-state index contributed by atoms with van der Waals surface area (Å²) in [5.74, 6) is -1.84. The van der Waals surface area contributed by atoms with Gasteiger partial charge in [-0.1, -0.05) is 13.0 Å². The van der Waals surface area contributed by atoms with E-state index in [2.05, 4.69) is 0 Å². The zero-order valence-electron chi connectivity index (χ0n) is 12.6. The van der Waals surface area contributed by atoms with Gasteiger partial charge in [-0.3, -0.25) is 19.2 Å². The first kappa shape index (κ1) is 17.8. The number of carboxylic acid groups (broad SMARTS) is 1. The SMILES string of the molecule is CCC(C(C)=O)n1cccc(CC(=O)[C@@H](N)CC(=O)O)c1=O. The van der Waals surface area contributed by atoms with E-state index in [4.69, 9.17) is 10.8 Å². The predicted octanol–water partition coefficient (Wildman–Crippen LogP) is 0.302. The molecule has 0 fully saturated rings. The number of hydrogen-bond acceptors (Lipinski definition) is 5. The molecule has 0 aliphatic carbocycles. The Labute approximate surface area is 127 Å². The number of hydrogen-bond donors (Lipinski definition) is 2. The molecule has 0 aromatic carbocycles. The standard InChI is InChI=1S/C15H20N2O5/c1-3-12(9(2)18)17-6-4-5-10(15(17)22)7-13(19)11(16)8-14(20)21/h4-6,11-12H,3,7-8,16H2,1-2H3,(H,20,21)/t11-,12?/m0/s1. The van der Waals surface area contributed by atoms with Crippen LogP contribution in [0.2, 0.25) is 0 Å². The molecule has 0 amide bonds. The number of nitrogens with two attached hydrogens (primary N) is 1. The molecule has 1 aromatic heterocycles. The van der Waals surface area contributed by atoms with E-state index in [0.717, 1.165) is 0 Å². The Morgan fingerprint density at radius 3 is 2.50 bits per heavy atom. The Balaban J connectivity index is 3.03. The highest BCUT2D eigenvalue weighted by atomic mass is 16.4. The average Bonchev–Trinajstić information content (AvgIpc) is 2.42. The number of carbonyl (C=O) groups excluding carboxylic acids is 2. The third-order valence-electron chi connectivity index (χ3n) is 3.42. The topological polar surface area (TPSA) is 119 Å². The van der Waals surface area contributed by atoms with Crippen molar-refractivity contribution in [2.75, 3.05) is 0 Å². The molecule has 3 N–H and O–H groups in total. The van der Waals surface area contributed by atoms with Crippen molar-refractivity contribution < 1.29 is 19.5 Å². The van der Waals surface area contributed by atoms with Gasteiger partial charge < -0.3 is 15.4 Å². The maximum absolute atomic E-state index is 12.4.